The molecule has 0 aliphatic heterocycles. The Labute approximate surface area is 236 Å². The molecule has 1 atom stereocenters. The van der Waals surface area contributed by atoms with E-state index in [4.69, 9.17) is 5.73 Å². The molecule has 0 saturated carbocycles. The first-order valence-corrected chi connectivity index (χ1v) is 14.5. The van der Waals surface area contributed by atoms with Crippen LogP contribution in [0.15, 0.2) is 71.5 Å². The highest BCUT2D eigenvalue weighted by molar-refractivity contribution is 7.88. The predicted octanol–water partition coefficient (Wildman–Crippen LogP) is 2.32. The Morgan fingerprint density at radius 1 is 1.10 bits per heavy atom. The molecule has 0 spiro atoms. The number of benzene rings is 2. The number of imidazole rings is 1. The lowest BCUT2D eigenvalue weighted by atomic mass is 10.0. The van der Waals surface area contributed by atoms with E-state index in [9.17, 15) is 18.0 Å². The average molecular weight is 570 g/mol. The summed E-state index contributed by atoms with van der Waals surface area (Å²) in [5.41, 5.74) is 8.57. The van der Waals surface area contributed by atoms with Gasteiger partial charge >= 0.3 is 0 Å². The number of aromatic nitrogens is 4. The molecular formula is C29H27N7O4S. The molecule has 5 aromatic rings. The summed E-state index contributed by atoms with van der Waals surface area (Å²) >= 11 is 0. The van der Waals surface area contributed by atoms with Crippen LogP contribution < -0.4 is 21.3 Å². The third kappa shape index (κ3) is 5.67. The van der Waals surface area contributed by atoms with Crippen molar-refractivity contribution in [3.63, 3.8) is 0 Å². The Morgan fingerprint density at radius 3 is 2.59 bits per heavy atom. The highest BCUT2D eigenvalue weighted by atomic mass is 32.2. The largest absolute Gasteiger partial charge is 0.382 e. The fourth-order valence-corrected chi connectivity index (χ4v) is 4.88. The third-order valence-electron chi connectivity index (χ3n) is 6.38. The second-order valence-electron chi connectivity index (χ2n) is 9.50. The van der Waals surface area contributed by atoms with Crippen LogP contribution in [0.5, 0.6) is 0 Å². The van der Waals surface area contributed by atoms with E-state index in [0.29, 0.717) is 39.1 Å². The smallest absolute Gasteiger partial charge is 0.274 e. The summed E-state index contributed by atoms with van der Waals surface area (Å²) in [7, 11) is -3.40. The Bertz CT molecular complexity index is 2040. The van der Waals surface area contributed by atoms with Crippen molar-refractivity contribution in [1.82, 2.24) is 29.2 Å². The number of nitrogens with one attached hydrogen (secondary N) is 2. The number of para-hydroxylation sites is 1. The molecule has 11 nitrogen and oxygen atoms in total. The van der Waals surface area contributed by atoms with Crippen molar-refractivity contribution in [2.75, 3.05) is 18.5 Å². The number of fused-ring (bicyclic) bond motifs is 2. The van der Waals surface area contributed by atoms with E-state index in [1.165, 1.54) is 9.08 Å². The van der Waals surface area contributed by atoms with Crippen LogP contribution in [0, 0.1) is 18.8 Å². The fraction of sp³-hybridized carbons (Fsp3) is 0.172. The maximum Gasteiger partial charge on any atom is 0.274 e. The molecule has 5 rings (SSSR count). The number of hydrogen-bond acceptors (Lipinski definition) is 7. The number of nitrogen functional groups attached to an aromatic ring is 1. The van der Waals surface area contributed by atoms with Gasteiger partial charge in [-0.05, 0) is 55.6 Å². The number of carbonyl (C=O) groups excluding carboxylic acids is 1. The SMILES string of the molecule is Cc1ccc2nc(N)c(C(=O)N[C@@H](C)c3cc4cccc(C#CCNS(C)(=O)=O)c4c(=O)n3-c3ccccc3)n2n1. The summed E-state index contributed by atoms with van der Waals surface area (Å²) < 4.78 is 28.0. The zero-order valence-corrected chi connectivity index (χ0v) is 23.4. The van der Waals surface area contributed by atoms with Gasteiger partial charge in [-0.1, -0.05) is 42.2 Å². The lowest BCUT2D eigenvalue weighted by Gasteiger charge is -2.21. The second-order valence-corrected chi connectivity index (χ2v) is 11.3. The lowest BCUT2D eigenvalue weighted by Crippen LogP contribution is -2.33. The van der Waals surface area contributed by atoms with Crippen molar-refractivity contribution in [3.05, 3.63) is 99.7 Å². The van der Waals surface area contributed by atoms with E-state index in [0.717, 1.165) is 6.26 Å². The monoisotopic (exact) mass is 569 g/mol. The van der Waals surface area contributed by atoms with Crippen molar-refractivity contribution >= 4 is 38.2 Å². The number of rotatable bonds is 6. The van der Waals surface area contributed by atoms with Crippen LogP contribution in [0.2, 0.25) is 0 Å². The van der Waals surface area contributed by atoms with Crippen LogP contribution in [0.25, 0.3) is 22.1 Å². The summed E-state index contributed by atoms with van der Waals surface area (Å²) in [4.78, 5) is 31.8. The summed E-state index contributed by atoms with van der Waals surface area (Å²) in [6.07, 6.45) is 1.05. The number of sulfonamides is 1. The molecule has 0 aliphatic rings. The number of nitrogens with zero attached hydrogens (tertiary/aromatic N) is 4. The molecule has 0 radical (unpaired) electrons. The minimum absolute atomic E-state index is 0.0420. The molecule has 0 fully saturated rings. The summed E-state index contributed by atoms with van der Waals surface area (Å²) in [6, 6.07) is 19.0. The quantitative estimate of drug-likeness (QED) is 0.265. The molecule has 0 bridgehead atoms. The van der Waals surface area contributed by atoms with Gasteiger partial charge in [-0.25, -0.2) is 22.6 Å². The fourth-order valence-electron chi connectivity index (χ4n) is 4.55. The normalized spacial score (nSPS) is 12.2. The number of pyridine rings is 1. The van der Waals surface area contributed by atoms with Gasteiger partial charge in [-0.15, -0.1) is 0 Å². The molecule has 12 heteroatoms. The van der Waals surface area contributed by atoms with Crippen LogP contribution in [0.3, 0.4) is 0 Å². The Hall–Kier alpha value is -4.99. The van der Waals surface area contributed by atoms with Gasteiger partial charge in [0.25, 0.3) is 11.5 Å². The molecule has 0 unspecified atom stereocenters. The minimum Gasteiger partial charge on any atom is -0.382 e. The Kier molecular flexibility index (Phi) is 7.32. The topological polar surface area (TPSA) is 153 Å². The molecule has 0 aliphatic carbocycles. The van der Waals surface area contributed by atoms with Crippen LogP contribution >= 0.6 is 0 Å². The summed E-state index contributed by atoms with van der Waals surface area (Å²) in [5.74, 6) is 5.23. The number of carbonyl (C=O) groups is 1. The van der Waals surface area contributed by atoms with E-state index < -0.39 is 22.0 Å². The number of hydrogen-bond donors (Lipinski definition) is 3. The molecule has 3 heterocycles. The zero-order chi connectivity index (χ0) is 29.3. The molecule has 1 amide bonds. The molecule has 2 aromatic carbocycles. The third-order valence-corrected chi connectivity index (χ3v) is 7.05. The van der Waals surface area contributed by atoms with Gasteiger partial charge in [-0.2, -0.15) is 5.10 Å². The molecule has 41 heavy (non-hydrogen) atoms. The van der Waals surface area contributed by atoms with Crippen molar-refractivity contribution in [1.29, 1.82) is 0 Å². The van der Waals surface area contributed by atoms with Gasteiger partial charge < -0.3 is 11.1 Å². The first kappa shape index (κ1) is 27.6. The molecule has 3 aromatic heterocycles. The second kappa shape index (κ2) is 10.9. The van der Waals surface area contributed by atoms with Gasteiger partial charge in [0.05, 0.1) is 29.9 Å². The number of anilines is 1. The number of aryl methyl sites for hydroxylation is 1. The van der Waals surface area contributed by atoms with E-state index in [1.807, 2.05) is 24.3 Å². The maximum absolute atomic E-state index is 14.1. The van der Waals surface area contributed by atoms with Gasteiger partial charge in [0.2, 0.25) is 10.0 Å². The maximum atomic E-state index is 14.1. The van der Waals surface area contributed by atoms with E-state index in [1.54, 1.807) is 56.3 Å². The van der Waals surface area contributed by atoms with Gasteiger partial charge in [0.1, 0.15) is 0 Å². The number of amides is 1. The average Bonchev–Trinajstić information content (AvgIpc) is 3.25. The van der Waals surface area contributed by atoms with Crippen molar-refractivity contribution in [3.8, 4) is 17.5 Å². The van der Waals surface area contributed by atoms with Gasteiger partial charge in [-0.3, -0.25) is 14.2 Å². The van der Waals surface area contributed by atoms with Crippen LogP contribution in [-0.2, 0) is 10.0 Å². The Morgan fingerprint density at radius 2 is 1.85 bits per heavy atom. The Balaban J connectivity index is 1.61. The standard InChI is InChI=1S/C29H27N7O4S/c1-18-14-15-24-33-27(30)26(36(24)34-18)28(37)32-19(2)23-17-21-10-7-9-20(11-8-16-31-41(3,39)40)25(21)29(38)35(23)22-12-5-4-6-13-22/h4-7,9-10,12-15,17,19,31H,16,30H2,1-3H3,(H,32,37)/t19-/m0/s1. The summed E-state index contributed by atoms with van der Waals surface area (Å²) in [6.45, 7) is 3.48. The van der Waals surface area contributed by atoms with Gasteiger partial charge in [0.15, 0.2) is 17.2 Å². The van der Waals surface area contributed by atoms with E-state index >= 15 is 0 Å². The highest BCUT2D eigenvalue weighted by Crippen LogP contribution is 2.24. The number of nitrogens with two attached hydrogens (primary N) is 1. The zero-order valence-electron chi connectivity index (χ0n) is 22.5. The van der Waals surface area contributed by atoms with Crippen LogP contribution in [-0.4, -0.2) is 46.3 Å². The lowest BCUT2D eigenvalue weighted by molar-refractivity contribution is 0.0932. The molecular weight excluding hydrogens is 542 g/mol. The first-order chi connectivity index (χ1) is 19.5. The minimum atomic E-state index is -3.40. The molecule has 4 N–H and O–H groups in total. The van der Waals surface area contributed by atoms with Crippen molar-refractivity contribution in [2.45, 2.75) is 19.9 Å². The van der Waals surface area contributed by atoms with Crippen LogP contribution in [0.4, 0.5) is 5.82 Å². The predicted molar refractivity (Wildman–Crippen MR) is 157 cm³/mol. The molecule has 208 valence electrons. The van der Waals surface area contributed by atoms with E-state index in [2.05, 4.69) is 32.0 Å². The summed E-state index contributed by atoms with van der Waals surface area (Å²) in [5, 5.41) is 8.32. The highest BCUT2D eigenvalue weighted by Gasteiger charge is 2.23. The van der Waals surface area contributed by atoms with Gasteiger partial charge in [0, 0.05) is 16.9 Å². The van der Waals surface area contributed by atoms with Crippen molar-refractivity contribution < 1.29 is 13.2 Å². The first-order valence-electron chi connectivity index (χ1n) is 12.6. The van der Waals surface area contributed by atoms with Crippen LogP contribution in [0.1, 0.15) is 40.4 Å². The van der Waals surface area contributed by atoms with E-state index in [-0.39, 0.29) is 23.6 Å². The molecule has 0 saturated heterocycles. The van der Waals surface area contributed by atoms with Crippen molar-refractivity contribution in [2.24, 2.45) is 0 Å².